The van der Waals surface area contributed by atoms with E-state index >= 15 is 0 Å². The third kappa shape index (κ3) is 4.43. The normalized spacial score (nSPS) is 16.5. The molecule has 4 heteroatoms. The van der Waals surface area contributed by atoms with Gasteiger partial charge in [-0.2, -0.15) is 0 Å². The monoisotopic (exact) mass is 205 g/mol. The summed E-state index contributed by atoms with van der Waals surface area (Å²) in [5.74, 6) is 0.0625. The van der Waals surface area contributed by atoms with E-state index in [2.05, 4.69) is 6.58 Å². The van der Waals surface area contributed by atoms with Gasteiger partial charge < -0.3 is 0 Å². The quantitative estimate of drug-likeness (QED) is 0.670. The molecular formula is C9H19NO2S. The number of hydrogen-bond donors (Lipinski definition) is 1. The minimum Gasteiger partial charge on any atom is -0.228 e. The highest BCUT2D eigenvalue weighted by molar-refractivity contribution is 7.89. The summed E-state index contributed by atoms with van der Waals surface area (Å²) in [7, 11) is -3.40. The Labute approximate surface area is 81.1 Å². The molecule has 0 heterocycles. The Balaban J connectivity index is 4.50. The highest BCUT2D eigenvalue weighted by Crippen LogP contribution is 2.19. The molecule has 0 amide bonds. The Morgan fingerprint density at radius 2 is 2.08 bits per heavy atom. The van der Waals surface area contributed by atoms with Gasteiger partial charge in [-0.3, -0.25) is 0 Å². The first-order valence-corrected chi connectivity index (χ1v) is 6.16. The molecule has 0 radical (unpaired) electrons. The average Bonchev–Trinajstić information content (AvgIpc) is 1.98. The van der Waals surface area contributed by atoms with Crippen LogP contribution in [0.4, 0.5) is 0 Å². The summed E-state index contributed by atoms with van der Waals surface area (Å²) < 4.78 is 22.4. The van der Waals surface area contributed by atoms with E-state index in [1.807, 2.05) is 13.8 Å². The molecule has 2 atom stereocenters. The molecule has 0 rings (SSSR count). The number of allylic oxidation sites excluding steroid dienone is 1. The Kier molecular flexibility index (Phi) is 5.25. The second-order valence-corrected chi connectivity index (χ2v) is 5.20. The highest BCUT2D eigenvalue weighted by atomic mass is 32.2. The van der Waals surface area contributed by atoms with Gasteiger partial charge in [0, 0.05) is 0 Å². The smallest absolute Gasteiger partial charge is 0.212 e. The third-order valence-corrected chi connectivity index (χ3v) is 3.71. The predicted octanol–water partition coefficient (Wildman–Crippen LogP) is 1.66. The van der Waals surface area contributed by atoms with Crippen LogP contribution in [0.3, 0.4) is 0 Å². The van der Waals surface area contributed by atoms with Gasteiger partial charge in [0.25, 0.3) is 0 Å². The van der Waals surface area contributed by atoms with Gasteiger partial charge in [0.15, 0.2) is 0 Å². The van der Waals surface area contributed by atoms with E-state index in [1.165, 1.54) is 0 Å². The maximum absolute atomic E-state index is 11.2. The van der Waals surface area contributed by atoms with Crippen LogP contribution in [0.1, 0.15) is 33.1 Å². The second kappa shape index (κ2) is 5.40. The van der Waals surface area contributed by atoms with Crippen molar-refractivity contribution in [2.24, 2.45) is 11.1 Å². The predicted molar refractivity (Wildman–Crippen MR) is 55.8 cm³/mol. The van der Waals surface area contributed by atoms with Crippen LogP contribution >= 0.6 is 0 Å². The van der Waals surface area contributed by atoms with Crippen molar-refractivity contribution in [3.8, 4) is 0 Å². The molecule has 0 saturated heterocycles. The molecule has 2 N–H and O–H groups in total. The van der Waals surface area contributed by atoms with Gasteiger partial charge in [-0.1, -0.05) is 26.3 Å². The van der Waals surface area contributed by atoms with Crippen LogP contribution in [-0.4, -0.2) is 13.7 Å². The van der Waals surface area contributed by atoms with E-state index < -0.39 is 15.3 Å². The van der Waals surface area contributed by atoms with Crippen LogP contribution in [0.2, 0.25) is 0 Å². The topological polar surface area (TPSA) is 60.2 Å². The fourth-order valence-corrected chi connectivity index (χ4v) is 2.79. The van der Waals surface area contributed by atoms with Gasteiger partial charge in [0.2, 0.25) is 10.0 Å². The summed E-state index contributed by atoms with van der Waals surface area (Å²) in [4.78, 5) is 0. The van der Waals surface area contributed by atoms with E-state index in [0.717, 1.165) is 6.42 Å². The van der Waals surface area contributed by atoms with Gasteiger partial charge in [0.05, 0.1) is 5.25 Å². The Morgan fingerprint density at radius 3 is 2.38 bits per heavy atom. The van der Waals surface area contributed by atoms with Gasteiger partial charge in [0.1, 0.15) is 0 Å². The minimum absolute atomic E-state index is 0.0625. The lowest BCUT2D eigenvalue weighted by Crippen LogP contribution is -2.33. The van der Waals surface area contributed by atoms with Crippen LogP contribution in [0.15, 0.2) is 12.7 Å². The molecule has 0 bridgehead atoms. The third-order valence-electron chi connectivity index (χ3n) is 2.17. The number of hydrogen-bond acceptors (Lipinski definition) is 2. The summed E-state index contributed by atoms with van der Waals surface area (Å²) in [6.45, 7) is 7.44. The van der Waals surface area contributed by atoms with E-state index in [-0.39, 0.29) is 5.92 Å². The lowest BCUT2D eigenvalue weighted by atomic mass is 10.0. The van der Waals surface area contributed by atoms with Gasteiger partial charge in [-0.15, -0.1) is 6.58 Å². The van der Waals surface area contributed by atoms with E-state index in [9.17, 15) is 8.42 Å². The fraction of sp³-hybridized carbons (Fsp3) is 0.778. The van der Waals surface area contributed by atoms with Crippen molar-refractivity contribution in [3.05, 3.63) is 12.7 Å². The first kappa shape index (κ1) is 12.7. The molecule has 0 spiro atoms. The summed E-state index contributed by atoms with van der Waals surface area (Å²) in [5, 5.41) is 4.71. The molecule has 0 aromatic heterocycles. The molecule has 3 nitrogen and oxygen atoms in total. The van der Waals surface area contributed by atoms with Crippen molar-refractivity contribution in [2.75, 3.05) is 0 Å². The van der Waals surface area contributed by atoms with E-state index in [0.29, 0.717) is 12.8 Å². The average molecular weight is 205 g/mol. The summed E-state index contributed by atoms with van der Waals surface area (Å²) in [6.07, 6.45) is 3.90. The van der Waals surface area contributed by atoms with E-state index in [4.69, 9.17) is 5.14 Å². The molecule has 13 heavy (non-hydrogen) atoms. The van der Waals surface area contributed by atoms with Crippen molar-refractivity contribution in [3.63, 3.8) is 0 Å². The second-order valence-electron chi connectivity index (χ2n) is 3.42. The van der Waals surface area contributed by atoms with Crippen LogP contribution < -0.4 is 5.14 Å². The van der Waals surface area contributed by atoms with E-state index in [1.54, 1.807) is 6.08 Å². The summed E-state index contributed by atoms with van der Waals surface area (Å²) in [5.41, 5.74) is 0. The standard InChI is InChI=1S/C9H19NO2S/c1-4-6-8(3)9(7-5-2)13(10,11)12/h4,8-9H,1,5-7H2,2-3H3,(H2,10,11,12)/t8-,9+/m1/s1. The highest BCUT2D eigenvalue weighted by Gasteiger charge is 2.25. The molecule has 0 aromatic rings. The molecule has 0 fully saturated rings. The summed E-state index contributed by atoms with van der Waals surface area (Å²) >= 11 is 0. The zero-order chi connectivity index (χ0) is 10.5. The zero-order valence-electron chi connectivity index (χ0n) is 8.36. The van der Waals surface area contributed by atoms with Crippen molar-refractivity contribution < 1.29 is 8.42 Å². The molecule has 0 aliphatic carbocycles. The van der Waals surface area contributed by atoms with Gasteiger partial charge >= 0.3 is 0 Å². The van der Waals surface area contributed by atoms with Crippen LogP contribution in [0.5, 0.6) is 0 Å². The fourth-order valence-electron chi connectivity index (χ4n) is 1.47. The maximum Gasteiger partial charge on any atom is 0.212 e. The lowest BCUT2D eigenvalue weighted by molar-refractivity contribution is 0.485. The van der Waals surface area contributed by atoms with Gasteiger partial charge in [-0.25, -0.2) is 13.6 Å². The molecule has 0 aliphatic heterocycles. The Morgan fingerprint density at radius 1 is 1.54 bits per heavy atom. The van der Waals surface area contributed by atoms with Crippen molar-refractivity contribution >= 4 is 10.0 Å². The first-order valence-electron chi connectivity index (χ1n) is 4.56. The molecule has 0 saturated carbocycles. The number of primary sulfonamides is 1. The summed E-state index contributed by atoms with van der Waals surface area (Å²) in [6, 6.07) is 0. The SMILES string of the molecule is C=CC[C@@H](C)[C@H](CCC)S(N)(=O)=O. The Bertz CT molecular complexity index is 246. The number of rotatable bonds is 6. The van der Waals surface area contributed by atoms with Gasteiger partial charge in [-0.05, 0) is 18.8 Å². The Hall–Kier alpha value is -0.350. The molecular weight excluding hydrogens is 186 g/mol. The first-order chi connectivity index (χ1) is 5.93. The van der Waals surface area contributed by atoms with Crippen LogP contribution in [0.25, 0.3) is 0 Å². The molecule has 0 unspecified atom stereocenters. The minimum atomic E-state index is -3.40. The van der Waals surface area contributed by atoms with Crippen LogP contribution in [-0.2, 0) is 10.0 Å². The molecule has 0 aromatic carbocycles. The lowest BCUT2D eigenvalue weighted by Gasteiger charge is -2.19. The number of nitrogens with two attached hydrogens (primary N) is 1. The van der Waals surface area contributed by atoms with Crippen molar-refractivity contribution in [2.45, 2.75) is 38.4 Å². The molecule has 78 valence electrons. The number of sulfonamides is 1. The van der Waals surface area contributed by atoms with Crippen molar-refractivity contribution in [1.29, 1.82) is 0 Å². The molecule has 0 aliphatic rings. The largest absolute Gasteiger partial charge is 0.228 e. The maximum atomic E-state index is 11.2. The van der Waals surface area contributed by atoms with Crippen LogP contribution in [0, 0.1) is 5.92 Å². The zero-order valence-corrected chi connectivity index (χ0v) is 9.18. The van der Waals surface area contributed by atoms with Crippen molar-refractivity contribution in [1.82, 2.24) is 0 Å².